The van der Waals surface area contributed by atoms with E-state index in [0.717, 1.165) is 25.7 Å². The fraction of sp³-hybridized carbons (Fsp3) is 0.923. The first kappa shape index (κ1) is 12.7. The van der Waals surface area contributed by atoms with Gasteiger partial charge < -0.3 is 15.4 Å². The van der Waals surface area contributed by atoms with E-state index in [9.17, 15) is 0 Å². The van der Waals surface area contributed by atoms with Crippen molar-refractivity contribution in [2.24, 2.45) is 16.6 Å². The molecule has 2 rings (SSSR count). The molecule has 2 N–H and O–H groups in total. The van der Waals surface area contributed by atoms with Crippen LogP contribution in [0.4, 0.5) is 0 Å². The van der Waals surface area contributed by atoms with Crippen molar-refractivity contribution in [2.75, 3.05) is 19.7 Å². The molecular formula is C13H25N3O. The van der Waals surface area contributed by atoms with E-state index in [2.05, 4.69) is 23.7 Å². The summed E-state index contributed by atoms with van der Waals surface area (Å²) < 4.78 is 5.84. The lowest BCUT2D eigenvalue weighted by Gasteiger charge is -2.44. The lowest BCUT2D eigenvalue weighted by Crippen LogP contribution is -2.57. The molecule has 0 radical (unpaired) electrons. The third-order valence-electron chi connectivity index (χ3n) is 3.64. The quantitative estimate of drug-likeness (QED) is 0.588. The SMILES string of the molecule is CC(C)CN=C(N)N1CCOC2CCCCC21. The summed E-state index contributed by atoms with van der Waals surface area (Å²) in [4.78, 5) is 6.78. The first-order chi connectivity index (χ1) is 8.18. The van der Waals surface area contributed by atoms with Crippen LogP contribution in [0.3, 0.4) is 0 Å². The van der Waals surface area contributed by atoms with Gasteiger partial charge in [0.1, 0.15) is 0 Å². The molecule has 0 aromatic rings. The van der Waals surface area contributed by atoms with Crippen LogP contribution in [0.2, 0.25) is 0 Å². The van der Waals surface area contributed by atoms with Crippen molar-refractivity contribution in [3.8, 4) is 0 Å². The zero-order valence-electron chi connectivity index (χ0n) is 11.1. The van der Waals surface area contributed by atoms with Gasteiger partial charge in [0, 0.05) is 13.1 Å². The van der Waals surface area contributed by atoms with E-state index in [4.69, 9.17) is 10.5 Å². The minimum absolute atomic E-state index is 0.380. The highest BCUT2D eigenvalue weighted by Gasteiger charge is 2.34. The number of morpholine rings is 1. The summed E-state index contributed by atoms with van der Waals surface area (Å²) in [6, 6.07) is 0.466. The standard InChI is InChI=1S/C13H25N3O/c1-10(2)9-15-13(14)16-7-8-17-12-6-4-3-5-11(12)16/h10-12H,3-9H2,1-2H3,(H2,14,15). The van der Waals surface area contributed by atoms with Gasteiger partial charge in [0.05, 0.1) is 18.8 Å². The van der Waals surface area contributed by atoms with E-state index in [1.54, 1.807) is 0 Å². The Morgan fingerprint density at radius 2 is 2.18 bits per heavy atom. The molecule has 4 heteroatoms. The maximum Gasteiger partial charge on any atom is 0.191 e. The number of hydrogen-bond donors (Lipinski definition) is 1. The monoisotopic (exact) mass is 239 g/mol. The molecular weight excluding hydrogens is 214 g/mol. The van der Waals surface area contributed by atoms with Crippen LogP contribution in [0, 0.1) is 5.92 Å². The molecule has 1 aliphatic heterocycles. The summed E-state index contributed by atoms with van der Waals surface area (Å²) in [5.41, 5.74) is 6.12. The molecule has 0 aromatic heterocycles. The normalized spacial score (nSPS) is 30.5. The van der Waals surface area contributed by atoms with Gasteiger partial charge >= 0.3 is 0 Å². The number of fused-ring (bicyclic) bond motifs is 1. The van der Waals surface area contributed by atoms with E-state index in [-0.39, 0.29) is 0 Å². The lowest BCUT2D eigenvalue weighted by atomic mass is 9.90. The number of hydrogen-bond acceptors (Lipinski definition) is 2. The van der Waals surface area contributed by atoms with E-state index in [1.807, 2.05) is 0 Å². The predicted octanol–water partition coefficient (Wildman–Crippen LogP) is 1.60. The average molecular weight is 239 g/mol. The zero-order valence-corrected chi connectivity index (χ0v) is 11.1. The second kappa shape index (κ2) is 5.71. The molecule has 0 amide bonds. The largest absolute Gasteiger partial charge is 0.374 e. The van der Waals surface area contributed by atoms with Crippen LogP contribution in [0.15, 0.2) is 4.99 Å². The smallest absolute Gasteiger partial charge is 0.191 e. The van der Waals surface area contributed by atoms with Crippen LogP contribution in [-0.2, 0) is 4.74 Å². The predicted molar refractivity (Wildman–Crippen MR) is 70.0 cm³/mol. The average Bonchev–Trinajstić information content (AvgIpc) is 2.35. The molecule has 2 fully saturated rings. The molecule has 1 saturated carbocycles. The molecule has 0 spiro atoms. The Labute approximate surface area is 104 Å². The van der Waals surface area contributed by atoms with Crippen LogP contribution in [0.5, 0.6) is 0 Å². The Hall–Kier alpha value is -0.770. The molecule has 2 aliphatic rings. The third-order valence-corrected chi connectivity index (χ3v) is 3.64. The van der Waals surface area contributed by atoms with Crippen LogP contribution in [0.25, 0.3) is 0 Å². The van der Waals surface area contributed by atoms with Crippen molar-refractivity contribution in [3.05, 3.63) is 0 Å². The lowest BCUT2D eigenvalue weighted by molar-refractivity contribution is -0.0641. The first-order valence-corrected chi connectivity index (χ1v) is 6.86. The number of ether oxygens (including phenoxy) is 1. The highest BCUT2D eigenvalue weighted by molar-refractivity contribution is 5.78. The Bertz CT molecular complexity index is 276. The van der Waals surface area contributed by atoms with Crippen molar-refractivity contribution in [3.63, 3.8) is 0 Å². The van der Waals surface area contributed by atoms with Crippen molar-refractivity contribution in [2.45, 2.75) is 51.7 Å². The minimum Gasteiger partial charge on any atom is -0.374 e. The van der Waals surface area contributed by atoms with Gasteiger partial charge in [0.25, 0.3) is 0 Å². The Balaban J connectivity index is 2.00. The second-order valence-electron chi connectivity index (χ2n) is 5.55. The van der Waals surface area contributed by atoms with Crippen LogP contribution in [-0.4, -0.2) is 42.7 Å². The number of nitrogens with two attached hydrogens (primary N) is 1. The molecule has 0 aromatic carbocycles. The number of nitrogens with zero attached hydrogens (tertiary/aromatic N) is 2. The molecule has 2 unspecified atom stereocenters. The fourth-order valence-electron chi connectivity index (χ4n) is 2.75. The molecule has 98 valence electrons. The molecule has 1 aliphatic carbocycles. The summed E-state index contributed by atoms with van der Waals surface area (Å²) in [6.07, 6.45) is 5.34. The summed E-state index contributed by atoms with van der Waals surface area (Å²) >= 11 is 0. The minimum atomic E-state index is 0.380. The number of guanidine groups is 1. The van der Waals surface area contributed by atoms with E-state index in [0.29, 0.717) is 18.1 Å². The van der Waals surface area contributed by atoms with Gasteiger partial charge in [-0.3, -0.25) is 4.99 Å². The maximum atomic E-state index is 6.12. The van der Waals surface area contributed by atoms with Crippen molar-refractivity contribution >= 4 is 5.96 Å². The summed E-state index contributed by atoms with van der Waals surface area (Å²) in [5, 5.41) is 0. The molecule has 1 heterocycles. The maximum absolute atomic E-state index is 6.12. The summed E-state index contributed by atoms with van der Waals surface area (Å²) in [5.74, 6) is 1.29. The van der Waals surface area contributed by atoms with Crippen LogP contribution in [0.1, 0.15) is 39.5 Å². The molecule has 0 bridgehead atoms. The highest BCUT2D eigenvalue weighted by Crippen LogP contribution is 2.28. The third kappa shape index (κ3) is 3.12. The van der Waals surface area contributed by atoms with E-state index < -0.39 is 0 Å². The van der Waals surface area contributed by atoms with Crippen LogP contribution >= 0.6 is 0 Å². The Morgan fingerprint density at radius 1 is 1.41 bits per heavy atom. The highest BCUT2D eigenvalue weighted by atomic mass is 16.5. The van der Waals surface area contributed by atoms with Gasteiger partial charge in [-0.05, 0) is 18.8 Å². The summed E-state index contributed by atoms with van der Waals surface area (Å²) in [7, 11) is 0. The van der Waals surface area contributed by atoms with Crippen molar-refractivity contribution < 1.29 is 4.74 Å². The Kier molecular flexibility index (Phi) is 4.26. The molecule has 2 atom stereocenters. The fourth-order valence-corrected chi connectivity index (χ4v) is 2.75. The zero-order chi connectivity index (χ0) is 12.3. The molecule has 17 heavy (non-hydrogen) atoms. The molecule has 4 nitrogen and oxygen atoms in total. The van der Waals surface area contributed by atoms with Gasteiger partial charge in [-0.2, -0.15) is 0 Å². The van der Waals surface area contributed by atoms with Gasteiger partial charge in [0.15, 0.2) is 5.96 Å². The van der Waals surface area contributed by atoms with Gasteiger partial charge in [-0.15, -0.1) is 0 Å². The first-order valence-electron chi connectivity index (χ1n) is 6.86. The number of rotatable bonds is 2. The van der Waals surface area contributed by atoms with Gasteiger partial charge in [0.2, 0.25) is 0 Å². The van der Waals surface area contributed by atoms with Crippen molar-refractivity contribution in [1.29, 1.82) is 0 Å². The number of aliphatic imine (C=N–C) groups is 1. The molecule has 1 saturated heterocycles. The summed E-state index contributed by atoms with van der Waals surface area (Å²) in [6.45, 7) is 6.84. The van der Waals surface area contributed by atoms with Crippen LogP contribution < -0.4 is 5.73 Å². The van der Waals surface area contributed by atoms with E-state index >= 15 is 0 Å². The van der Waals surface area contributed by atoms with E-state index in [1.165, 1.54) is 25.7 Å². The second-order valence-corrected chi connectivity index (χ2v) is 5.55. The van der Waals surface area contributed by atoms with Gasteiger partial charge in [-0.25, -0.2) is 0 Å². The van der Waals surface area contributed by atoms with Crippen molar-refractivity contribution in [1.82, 2.24) is 4.90 Å². The van der Waals surface area contributed by atoms with Gasteiger partial charge in [-0.1, -0.05) is 26.7 Å². The Morgan fingerprint density at radius 3 is 2.94 bits per heavy atom. The topological polar surface area (TPSA) is 50.8 Å².